The fraction of sp³-hybridized carbons (Fsp3) is 0.346. The number of unbranched alkanes of at least 4 members (excludes halogenated alkanes) is 1. The van der Waals surface area contributed by atoms with Gasteiger partial charge in [0.1, 0.15) is 0 Å². The zero-order valence-electron chi connectivity index (χ0n) is 18.3. The van der Waals surface area contributed by atoms with Crippen LogP contribution in [0.5, 0.6) is 0 Å². The summed E-state index contributed by atoms with van der Waals surface area (Å²) >= 11 is 0. The third kappa shape index (κ3) is 6.21. The van der Waals surface area contributed by atoms with Gasteiger partial charge in [0.05, 0.1) is 0 Å². The topological polar surface area (TPSA) is 0 Å². The van der Waals surface area contributed by atoms with Gasteiger partial charge in [-0.05, 0) is 16.5 Å². The zero-order chi connectivity index (χ0) is 18.6. The van der Waals surface area contributed by atoms with Crippen LogP contribution in [0, 0.1) is 5.41 Å². The van der Waals surface area contributed by atoms with E-state index in [1.807, 2.05) is 0 Å². The fourth-order valence-corrected chi connectivity index (χ4v) is 4.44. The first-order valence-electron chi connectivity index (χ1n) is 9.87. The van der Waals surface area contributed by atoms with Gasteiger partial charge in [-0.15, -0.1) is 5.56 Å². The summed E-state index contributed by atoms with van der Waals surface area (Å²) in [6.45, 7) is 9.36. The van der Waals surface area contributed by atoms with Crippen molar-refractivity contribution in [2.24, 2.45) is 5.41 Å². The van der Waals surface area contributed by atoms with Gasteiger partial charge in [0.15, 0.2) is 0 Å². The van der Waals surface area contributed by atoms with Gasteiger partial charge in [-0.2, -0.15) is 17.7 Å². The van der Waals surface area contributed by atoms with Gasteiger partial charge in [0, 0.05) is 5.41 Å². The fourth-order valence-electron chi connectivity index (χ4n) is 4.44. The second-order valence-corrected chi connectivity index (χ2v) is 8.34. The minimum Gasteiger partial charge on any atom is -1.00 e. The largest absolute Gasteiger partial charge is 4.00 e. The SMILES string of the molecule is CCCCc1cc[c-](C(c2ccccc2)(c2ccccc2)C(C)(C)C)c1.[Cl-].[Cl-].[Cl-].[Ti+4]. The van der Waals surface area contributed by atoms with Crippen molar-refractivity contribution in [3.8, 4) is 0 Å². The molecule has 0 aromatic heterocycles. The van der Waals surface area contributed by atoms with E-state index in [0.717, 1.165) is 0 Å². The van der Waals surface area contributed by atoms with E-state index >= 15 is 0 Å². The maximum absolute atomic E-state index is 2.45. The van der Waals surface area contributed by atoms with Gasteiger partial charge in [-0.1, -0.05) is 108 Å². The molecule has 0 N–H and O–H groups in total. The van der Waals surface area contributed by atoms with Crippen molar-refractivity contribution in [3.63, 3.8) is 0 Å². The molecule has 0 fully saturated rings. The third-order valence-electron chi connectivity index (χ3n) is 5.61. The van der Waals surface area contributed by atoms with Crippen LogP contribution in [0.25, 0.3) is 0 Å². The van der Waals surface area contributed by atoms with Crippen LogP contribution in [0.2, 0.25) is 0 Å². The average Bonchev–Trinajstić information content (AvgIpc) is 3.10. The van der Waals surface area contributed by atoms with E-state index in [4.69, 9.17) is 0 Å². The molecule has 0 saturated carbocycles. The van der Waals surface area contributed by atoms with Crippen molar-refractivity contribution in [1.82, 2.24) is 0 Å². The first-order valence-corrected chi connectivity index (χ1v) is 9.87. The van der Waals surface area contributed by atoms with Gasteiger partial charge < -0.3 is 37.2 Å². The van der Waals surface area contributed by atoms with Gasteiger partial charge in [-0.3, -0.25) is 0 Å². The van der Waals surface area contributed by atoms with Crippen LogP contribution in [0.4, 0.5) is 0 Å². The Morgan fingerprint density at radius 1 is 0.733 bits per heavy atom. The maximum Gasteiger partial charge on any atom is 4.00 e. The van der Waals surface area contributed by atoms with Gasteiger partial charge in [0.2, 0.25) is 0 Å². The molecule has 0 bridgehead atoms. The quantitative estimate of drug-likeness (QED) is 0.277. The molecule has 0 unspecified atom stereocenters. The van der Waals surface area contributed by atoms with E-state index in [2.05, 4.69) is 107 Å². The van der Waals surface area contributed by atoms with E-state index < -0.39 is 0 Å². The Labute approximate surface area is 216 Å². The Morgan fingerprint density at radius 3 is 1.60 bits per heavy atom. The molecule has 3 rings (SSSR count). The number of hydrogen-bond acceptors (Lipinski definition) is 0. The zero-order valence-corrected chi connectivity index (χ0v) is 22.1. The van der Waals surface area contributed by atoms with Gasteiger partial charge in [0.25, 0.3) is 0 Å². The summed E-state index contributed by atoms with van der Waals surface area (Å²) in [4.78, 5) is 0. The number of rotatable bonds is 6. The third-order valence-corrected chi connectivity index (χ3v) is 5.61. The van der Waals surface area contributed by atoms with Crippen molar-refractivity contribution < 1.29 is 58.9 Å². The Kier molecular flexibility index (Phi) is 14.4. The molecule has 30 heavy (non-hydrogen) atoms. The molecule has 0 radical (unpaired) electrons. The summed E-state index contributed by atoms with van der Waals surface area (Å²) < 4.78 is 0. The van der Waals surface area contributed by atoms with Crippen LogP contribution in [0.15, 0.2) is 78.9 Å². The minimum absolute atomic E-state index is 0. The van der Waals surface area contributed by atoms with Crippen molar-refractivity contribution in [2.75, 3.05) is 0 Å². The average molecular weight is 498 g/mol. The van der Waals surface area contributed by atoms with Crippen LogP contribution >= 0.6 is 0 Å². The van der Waals surface area contributed by atoms with Gasteiger partial charge in [-0.25, -0.2) is 6.07 Å². The number of aryl methyl sites for hydroxylation is 1. The Morgan fingerprint density at radius 2 is 1.20 bits per heavy atom. The van der Waals surface area contributed by atoms with Crippen molar-refractivity contribution in [3.05, 3.63) is 101 Å². The summed E-state index contributed by atoms with van der Waals surface area (Å²) in [5, 5.41) is 0. The summed E-state index contributed by atoms with van der Waals surface area (Å²) in [5.41, 5.74) is 5.47. The van der Waals surface area contributed by atoms with Gasteiger partial charge >= 0.3 is 21.7 Å². The normalized spacial score (nSPS) is 10.7. The Bertz CT molecular complexity index is 781. The molecule has 3 aromatic carbocycles. The van der Waals surface area contributed by atoms with Crippen LogP contribution in [0.1, 0.15) is 62.8 Å². The van der Waals surface area contributed by atoms with Crippen LogP contribution in [-0.2, 0) is 33.6 Å². The molecular formula is C26H31Cl3Ti. The first kappa shape index (κ1) is 31.6. The van der Waals surface area contributed by atoms with E-state index in [1.54, 1.807) is 0 Å². The molecule has 4 heteroatoms. The summed E-state index contributed by atoms with van der Waals surface area (Å²) in [7, 11) is 0. The molecule has 3 aromatic rings. The number of benzene rings is 2. The van der Waals surface area contributed by atoms with E-state index in [-0.39, 0.29) is 69.8 Å². The molecule has 0 saturated heterocycles. The summed E-state index contributed by atoms with van der Waals surface area (Å²) in [6.07, 6.45) is 3.66. The van der Waals surface area contributed by atoms with Crippen molar-refractivity contribution in [1.29, 1.82) is 0 Å². The number of halogens is 3. The predicted octanol–water partition coefficient (Wildman–Crippen LogP) is -1.86. The van der Waals surface area contributed by atoms with E-state index in [1.165, 1.54) is 41.5 Å². The molecule has 0 aliphatic rings. The molecule has 0 amide bonds. The number of hydrogen-bond donors (Lipinski definition) is 0. The van der Waals surface area contributed by atoms with Crippen LogP contribution in [0.3, 0.4) is 0 Å². The molecular weight excluding hydrogens is 467 g/mol. The second kappa shape index (κ2) is 13.7. The first-order chi connectivity index (χ1) is 12.5. The van der Waals surface area contributed by atoms with Crippen LogP contribution in [-0.4, -0.2) is 0 Å². The maximum atomic E-state index is 2.45. The summed E-state index contributed by atoms with van der Waals surface area (Å²) in [5.74, 6) is 0. The Hall–Kier alpha value is -0.626. The summed E-state index contributed by atoms with van der Waals surface area (Å²) in [6, 6.07) is 29.2. The molecule has 160 valence electrons. The van der Waals surface area contributed by atoms with Crippen LogP contribution < -0.4 is 37.2 Å². The van der Waals surface area contributed by atoms with Crippen molar-refractivity contribution >= 4 is 0 Å². The van der Waals surface area contributed by atoms with E-state index in [9.17, 15) is 0 Å². The molecule has 0 heterocycles. The standard InChI is InChI=1S/C26H31.3ClH.Ti/c1-5-6-13-21-18-19-24(20-21)26(25(2,3)4,22-14-9-7-10-15-22)23-16-11-8-12-17-23;;;;/h7-12,14-20H,5-6,13H2,1-4H3;3*1H;/q-1;;;;+4/p-3. The predicted molar refractivity (Wildman–Crippen MR) is 113 cm³/mol. The second-order valence-electron chi connectivity index (χ2n) is 8.34. The molecule has 0 nitrogen and oxygen atoms in total. The van der Waals surface area contributed by atoms with Crippen molar-refractivity contribution in [2.45, 2.75) is 52.4 Å². The molecule has 0 aliphatic heterocycles. The molecule has 0 atom stereocenters. The smallest absolute Gasteiger partial charge is 1.00 e. The minimum atomic E-state index is -0.167. The molecule has 0 spiro atoms. The van der Waals surface area contributed by atoms with E-state index in [0.29, 0.717) is 0 Å². The Balaban J connectivity index is 0. The molecule has 0 aliphatic carbocycles. The monoisotopic (exact) mass is 496 g/mol.